The Bertz CT molecular complexity index is 440. The maximum Gasteiger partial charge on any atom is 0.223 e. The van der Waals surface area contributed by atoms with E-state index in [-0.39, 0.29) is 5.95 Å². The van der Waals surface area contributed by atoms with E-state index in [9.17, 15) is 0 Å². The van der Waals surface area contributed by atoms with Gasteiger partial charge < -0.3 is 26.2 Å². The minimum Gasteiger partial charge on any atom is -0.383 e. The molecule has 0 spiro atoms. The van der Waals surface area contributed by atoms with Gasteiger partial charge in [0.25, 0.3) is 0 Å². The third-order valence-electron chi connectivity index (χ3n) is 3.43. The van der Waals surface area contributed by atoms with Gasteiger partial charge in [-0.3, -0.25) is 4.90 Å². The molecule has 0 bridgehead atoms. The number of hydrogen-bond acceptors (Lipinski definition) is 8. The van der Waals surface area contributed by atoms with Crippen LogP contribution < -0.4 is 16.4 Å². The van der Waals surface area contributed by atoms with E-state index in [2.05, 4.69) is 26.7 Å². The Balaban J connectivity index is 1.97. The Hall–Kier alpha value is -1.21. The summed E-state index contributed by atoms with van der Waals surface area (Å²) >= 11 is 0. The van der Waals surface area contributed by atoms with Gasteiger partial charge in [0.15, 0.2) is 8.38 Å². The molecule has 0 amide bonds. The molecule has 8 nitrogen and oxygen atoms in total. The molecular formula is C11H21N6O2P. The summed E-state index contributed by atoms with van der Waals surface area (Å²) in [5.74, 6) is 1.29. The molecule has 112 valence electrons. The number of piperazine rings is 1. The molecule has 1 aliphatic rings. The maximum absolute atomic E-state index is 9.00. The van der Waals surface area contributed by atoms with Gasteiger partial charge in [0, 0.05) is 44.4 Å². The van der Waals surface area contributed by atoms with E-state index in [1.165, 1.54) is 0 Å². The van der Waals surface area contributed by atoms with Crippen LogP contribution in [0.5, 0.6) is 0 Å². The highest BCUT2D eigenvalue weighted by Crippen LogP contribution is 2.24. The number of nitrogen functional groups attached to an aromatic ring is 2. The first-order valence-corrected chi connectivity index (χ1v) is 7.93. The third kappa shape index (κ3) is 3.89. The van der Waals surface area contributed by atoms with Crippen LogP contribution in [0.1, 0.15) is 6.92 Å². The van der Waals surface area contributed by atoms with E-state index in [1.54, 1.807) is 6.07 Å². The van der Waals surface area contributed by atoms with Gasteiger partial charge in [-0.1, -0.05) is 0 Å². The monoisotopic (exact) mass is 300 g/mol. The summed E-state index contributed by atoms with van der Waals surface area (Å²) in [6, 6.07) is 2.02. The van der Waals surface area contributed by atoms with Crippen molar-refractivity contribution in [3.63, 3.8) is 0 Å². The molecule has 2 rings (SSSR count). The predicted octanol–water partition coefficient (Wildman–Crippen LogP) is -0.552. The highest BCUT2D eigenvalue weighted by atomic mass is 31.2. The molecule has 20 heavy (non-hydrogen) atoms. The topological polar surface area (TPSA) is 125 Å². The number of nitrogens with two attached hydrogens (primary N) is 2. The van der Waals surface area contributed by atoms with Gasteiger partial charge in [-0.2, -0.15) is 9.97 Å². The van der Waals surface area contributed by atoms with Gasteiger partial charge in [0.05, 0.1) is 0 Å². The first-order valence-electron chi connectivity index (χ1n) is 6.50. The predicted molar refractivity (Wildman–Crippen MR) is 80.3 cm³/mol. The second-order valence-electron chi connectivity index (χ2n) is 4.94. The summed E-state index contributed by atoms with van der Waals surface area (Å²) in [7, 11) is -1.82. The van der Waals surface area contributed by atoms with Crippen LogP contribution in [0.2, 0.25) is 0 Å². The molecule has 1 fully saturated rings. The Labute approximate surface area is 119 Å². The lowest BCUT2D eigenvalue weighted by Crippen LogP contribution is -2.52. The fourth-order valence-electron chi connectivity index (χ4n) is 2.39. The fourth-order valence-corrected chi connectivity index (χ4v) is 2.82. The summed E-state index contributed by atoms with van der Waals surface area (Å²) in [5, 5.41) is 0. The van der Waals surface area contributed by atoms with Gasteiger partial charge in [-0.25, -0.2) is 0 Å². The molecular weight excluding hydrogens is 279 g/mol. The van der Waals surface area contributed by atoms with Gasteiger partial charge in [-0.15, -0.1) is 0 Å². The summed E-state index contributed by atoms with van der Waals surface area (Å²) in [4.78, 5) is 30.4. The van der Waals surface area contributed by atoms with Crippen molar-refractivity contribution in [2.24, 2.45) is 0 Å². The van der Waals surface area contributed by atoms with Crippen molar-refractivity contribution in [2.45, 2.75) is 13.0 Å². The van der Waals surface area contributed by atoms with Crippen molar-refractivity contribution >= 4 is 26.0 Å². The van der Waals surface area contributed by atoms with Crippen LogP contribution in [0.3, 0.4) is 0 Å². The number of aromatic nitrogens is 2. The molecule has 0 aliphatic carbocycles. The van der Waals surface area contributed by atoms with E-state index >= 15 is 0 Å². The van der Waals surface area contributed by atoms with Gasteiger partial charge in [0.2, 0.25) is 5.95 Å². The van der Waals surface area contributed by atoms with E-state index < -0.39 is 8.38 Å². The van der Waals surface area contributed by atoms with Crippen molar-refractivity contribution in [2.75, 3.05) is 48.7 Å². The van der Waals surface area contributed by atoms with Crippen LogP contribution in [-0.4, -0.2) is 63.0 Å². The molecule has 9 heteroatoms. The molecule has 2 heterocycles. The average molecular weight is 300 g/mol. The molecule has 6 N–H and O–H groups in total. The Morgan fingerprint density at radius 3 is 2.70 bits per heavy atom. The highest BCUT2D eigenvalue weighted by Gasteiger charge is 2.25. The maximum atomic E-state index is 9.00. The van der Waals surface area contributed by atoms with E-state index in [1.807, 2.05) is 0 Å². The number of nitrogens with zero attached hydrogens (tertiary/aromatic N) is 4. The normalized spacial score (nSPS) is 20.6. The smallest absolute Gasteiger partial charge is 0.223 e. The lowest BCUT2D eigenvalue weighted by atomic mass is 10.2. The summed E-state index contributed by atoms with van der Waals surface area (Å²) in [6.07, 6.45) is 0.424. The standard InChI is InChI=1S/C11H21N6O2P/c1-8-7-17(3-2-16(8)4-5-20(18)19)10-6-9(12)14-11(13)15-10/h6,8,18-19H,2-5,7H2,1H3,(H4,12,13,14,15). The lowest BCUT2D eigenvalue weighted by molar-refractivity contribution is 0.198. The summed E-state index contributed by atoms with van der Waals surface area (Å²) < 4.78 is 0. The number of rotatable bonds is 4. The van der Waals surface area contributed by atoms with E-state index in [4.69, 9.17) is 21.3 Å². The quantitative estimate of drug-likeness (QED) is 0.546. The zero-order valence-electron chi connectivity index (χ0n) is 11.5. The zero-order chi connectivity index (χ0) is 14.7. The molecule has 1 aliphatic heterocycles. The molecule has 1 saturated heterocycles. The molecule has 0 saturated carbocycles. The van der Waals surface area contributed by atoms with Crippen molar-refractivity contribution in [3.05, 3.63) is 6.07 Å². The van der Waals surface area contributed by atoms with Crippen molar-refractivity contribution in [1.82, 2.24) is 14.9 Å². The highest BCUT2D eigenvalue weighted by molar-refractivity contribution is 7.45. The van der Waals surface area contributed by atoms with E-state index in [0.29, 0.717) is 24.6 Å². The number of hydrogen-bond donors (Lipinski definition) is 4. The summed E-state index contributed by atoms with van der Waals surface area (Å²) in [6.45, 7) is 5.24. The van der Waals surface area contributed by atoms with Crippen LogP contribution in [-0.2, 0) is 0 Å². The van der Waals surface area contributed by atoms with Gasteiger partial charge in [0.1, 0.15) is 11.6 Å². The minimum atomic E-state index is -1.82. The second kappa shape index (κ2) is 6.49. The summed E-state index contributed by atoms with van der Waals surface area (Å²) in [5.41, 5.74) is 11.3. The zero-order valence-corrected chi connectivity index (χ0v) is 12.4. The second-order valence-corrected chi connectivity index (χ2v) is 6.13. The van der Waals surface area contributed by atoms with Crippen LogP contribution in [0.4, 0.5) is 17.6 Å². The largest absolute Gasteiger partial charge is 0.383 e. The van der Waals surface area contributed by atoms with Crippen LogP contribution in [0.15, 0.2) is 6.07 Å². The van der Waals surface area contributed by atoms with Gasteiger partial charge >= 0.3 is 0 Å². The first-order chi connectivity index (χ1) is 9.45. The van der Waals surface area contributed by atoms with Crippen LogP contribution in [0.25, 0.3) is 0 Å². The molecule has 1 unspecified atom stereocenters. The van der Waals surface area contributed by atoms with E-state index in [0.717, 1.165) is 25.5 Å². The van der Waals surface area contributed by atoms with Crippen molar-refractivity contribution in [3.8, 4) is 0 Å². The molecule has 1 atom stereocenters. The Morgan fingerprint density at radius 1 is 1.35 bits per heavy atom. The van der Waals surface area contributed by atoms with Gasteiger partial charge in [-0.05, 0) is 6.92 Å². The minimum absolute atomic E-state index is 0.182. The van der Waals surface area contributed by atoms with Crippen molar-refractivity contribution < 1.29 is 9.79 Å². The third-order valence-corrected chi connectivity index (χ3v) is 4.03. The fraction of sp³-hybridized carbons (Fsp3) is 0.636. The van der Waals surface area contributed by atoms with Crippen LogP contribution >= 0.6 is 8.38 Å². The average Bonchev–Trinajstić information content (AvgIpc) is 2.35. The Morgan fingerprint density at radius 2 is 2.10 bits per heavy atom. The molecule has 0 radical (unpaired) electrons. The van der Waals surface area contributed by atoms with Crippen LogP contribution in [0, 0.1) is 0 Å². The SMILES string of the molecule is CC1CN(c2cc(N)nc(N)n2)CCN1CCP(O)O. The lowest BCUT2D eigenvalue weighted by Gasteiger charge is -2.40. The first kappa shape index (κ1) is 15.2. The number of anilines is 3. The molecule has 1 aromatic rings. The van der Waals surface area contributed by atoms with Crippen molar-refractivity contribution in [1.29, 1.82) is 0 Å². The molecule has 1 aromatic heterocycles. The Kier molecular flexibility index (Phi) is 4.93. The molecule has 0 aromatic carbocycles.